The first kappa shape index (κ1) is 27.4. The molecule has 1 N–H and O–H groups in total. The van der Waals surface area contributed by atoms with E-state index in [1.165, 1.54) is 4.90 Å². The van der Waals surface area contributed by atoms with E-state index in [9.17, 15) is 9.90 Å². The molecule has 1 aliphatic heterocycles. The lowest BCUT2D eigenvalue weighted by molar-refractivity contribution is 0.0942. The lowest BCUT2D eigenvalue weighted by Crippen LogP contribution is -2.34. The number of nitrogens with zero attached hydrogens (tertiary/aromatic N) is 5. The number of amides is 1. The van der Waals surface area contributed by atoms with Crippen molar-refractivity contribution in [3.63, 3.8) is 0 Å². The molecule has 0 saturated carbocycles. The van der Waals surface area contributed by atoms with E-state index in [-0.39, 0.29) is 0 Å². The normalized spacial score (nSPS) is 14.9. The molecule has 11 heteroatoms. The lowest BCUT2D eigenvalue weighted by atomic mass is 10.0. The van der Waals surface area contributed by atoms with Gasteiger partial charge in [0.2, 0.25) is 0 Å². The van der Waals surface area contributed by atoms with Gasteiger partial charge in [-0.15, -0.1) is 0 Å². The second-order valence-corrected chi connectivity index (χ2v) is 22.8. The van der Waals surface area contributed by atoms with Crippen molar-refractivity contribution in [3.05, 3.63) is 30.1 Å². The van der Waals surface area contributed by atoms with E-state index < -0.39 is 22.2 Å². The fourth-order valence-electron chi connectivity index (χ4n) is 3.64. The average Bonchev–Trinajstić information content (AvgIpc) is 3.25. The van der Waals surface area contributed by atoms with Crippen LogP contribution in [0.5, 0.6) is 0 Å². The summed E-state index contributed by atoms with van der Waals surface area (Å²) in [6, 6.07) is 6.11. The molecular formula is C24H41N5O4Si2. The summed E-state index contributed by atoms with van der Waals surface area (Å²) >= 11 is 0. The van der Waals surface area contributed by atoms with Crippen LogP contribution in [0, 0.1) is 0 Å². The maximum Gasteiger partial charge on any atom is 0.407 e. The molecule has 0 aliphatic carbocycles. The molecule has 3 rings (SSSR count). The Morgan fingerprint density at radius 2 is 1.71 bits per heavy atom. The molecule has 9 nitrogen and oxygen atoms in total. The second-order valence-electron chi connectivity index (χ2n) is 11.5. The number of carboxylic acid groups (broad SMARTS) is 1. The number of hydrogen-bond donors (Lipinski definition) is 1. The van der Waals surface area contributed by atoms with Crippen molar-refractivity contribution in [2.45, 2.75) is 57.8 Å². The van der Waals surface area contributed by atoms with Gasteiger partial charge in [0.15, 0.2) is 5.65 Å². The Morgan fingerprint density at radius 1 is 1.09 bits per heavy atom. The molecule has 1 aliphatic rings. The zero-order valence-electron chi connectivity index (χ0n) is 22.1. The van der Waals surface area contributed by atoms with E-state index in [0.29, 0.717) is 33.0 Å². The van der Waals surface area contributed by atoms with E-state index in [1.54, 1.807) is 6.20 Å². The van der Waals surface area contributed by atoms with Crippen molar-refractivity contribution >= 4 is 39.3 Å². The Morgan fingerprint density at radius 3 is 2.23 bits per heavy atom. The average molecular weight is 520 g/mol. The number of anilines is 1. The highest BCUT2D eigenvalue weighted by molar-refractivity contribution is 6.76. The van der Waals surface area contributed by atoms with Gasteiger partial charge in [-0.2, -0.15) is 9.61 Å². The van der Waals surface area contributed by atoms with Crippen molar-refractivity contribution in [2.75, 3.05) is 44.7 Å². The van der Waals surface area contributed by atoms with Gasteiger partial charge < -0.3 is 24.4 Å². The predicted molar refractivity (Wildman–Crippen MR) is 146 cm³/mol. The molecule has 0 unspecified atom stereocenters. The van der Waals surface area contributed by atoms with Gasteiger partial charge in [0.25, 0.3) is 0 Å². The number of hydrogen-bond acceptors (Lipinski definition) is 6. The molecule has 3 heterocycles. The molecule has 2 aromatic heterocycles. The Hall–Kier alpha value is -2.22. The predicted octanol–water partition coefficient (Wildman–Crippen LogP) is 4.93. The molecule has 2 aromatic rings. The first-order valence-electron chi connectivity index (χ1n) is 12.4. The fourth-order valence-corrected chi connectivity index (χ4v) is 5.15. The van der Waals surface area contributed by atoms with Gasteiger partial charge in [0.05, 0.1) is 11.9 Å². The largest absolute Gasteiger partial charge is 0.465 e. The summed E-state index contributed by atoms with van der Waals surface area (Å²) in [5, 5.41) is 13.8. The highest BCUT2D eigenvalue weighted by Crippen LogP contribution is 2.26. The maximum absolute atomic E-state index is 11.3. The third-order valence-electron chi connectivity index (χ3n) is 5.96. The zero-order valence-corrected chi connectivity index (χ0v) is 24.1. The minimum atomic E-state index is -1.19. The number of fused-ring (bicyclic) bond motifs is 1. The molecule has 0 saturated heterocycles. The topological polar surface area (TPSA) is 92.4 Å². The quantitative estimate of drug-likeness (QED) is 0.241. The summed E-state index contributed by atoms with van der Waals surface area (Å²) in [5.41, 5.74) is 2.63. The zero-order chi connectivity index (χ0) is 25.6. The minimum absolute atomic E-state index is 0.370. The van der Waals surface area contributed by atoms with Crippen molar-refractivity contribution in [3.8, 4) is 0 Å². The van der Waals surface area contributed by atoms with Crippen LogP contribution in [0.1, 0.15) is 12.1 Å². The van der Waals surface area contributed by atoms with Gasteiger partial charge in [-0.25, -0.2) is 9.78 Å². The monoisotopic (exact) mass is 519 g/mol. The van der Waals surface area contributed by atoms with Crippen LogP contribution in [0.15, 0.2) is 24.4 Å². The summed E-state index contributed by atoms with van der Waals surface area (Å²) in [6.45, 7) is 17.2. The van der Waals surface area contributed by atoms with Crippen LogP contribution in [-0.2, 0) is 9.47 Å². The Balaban J connectivity index is 1.83. The molecular weight excluding hydrogens is 478 g/mol. The van der Waals surface area contributed by atoms with E-state index in [2.05, 4.69) is 49.3 Å². The van der Waals surface area contributed by atoms with Gasteiger partial charge in [-0.3, -0.25) is 0 Å². The SMILES string of the molecule is C[Si](C)(C)CCOCN(COCC[Si](C)(C)C)c1cc(C2=CCN(C(=O)O)CC2)nc2ccnn12. The van der Waals surface area contributed by atoms with Crippen LogP contribution in [0.25, 0.3) is 11.2 Å². The third kappa shape index (κ3) is 8.44. The molecule has 0 spiro atoms. The second kappa shape index (κ2) is 11.7. The van der Waals surface area contributed by atoms with Gasteiger partial charge in [0, 0.05) is 54.6 Å². The minimum Gasteiger partial charge on any atom is -0.465 e. The summed E-state index contributed by atoms with van der Waals surface area (Å²) in [7, 11) is -2.38. The highest BCUT2D eigenvalue weighted by Gasteiger charge is 2.21. The van der Waals surface area contributed by atoms with Gasteiger partial charge >= 0.3 is 6.09 Å². The highest BCUT2D eigenvalue weighted by atomic mass is 28.3. The summed E-state index contributed by atoms with van der Waals surface area (Å²) in [4.78, 5) is 19.6. The van der Waals surface area contributed by atoms with Crippen LogP contribution >= 0.6 is 0 Å². The summed E-state index contributed by atoms with van der Waals surface area (Å²) in [6.07, 6.45) is 3.43. The van der Waals surface area contributed by atoms with Gasteiger partial charge in [-0.1, -0.05) is 45.4 Å². The first-order valence-corrected chi connectivity index (χ1v) is 19.8. The maximum atomic E-state index is 11.3. The number of rotatable bonds is 12. The molecule has 0 fully saturated rings. The number of aromatic nitrogens is 3. The third-order valence-corrected chi connectivity index (χ3v) is 9.37. The van der Waals surface area contributed by atoms with E-state index in [1.807, 2.05) is 22.7 Å². The molecule has 1 amide bonds. The Bertz CT molecular complexity index is 1010. The van der Waals surface area contributed by atoms with Crippen molar-refractivity contribution in [1.29, 1.82) is 0 Å². The Labute approximate surface area is 210 Å². The van der Waals surface area contributed by atoms with Crippen LogP contribution in [0.4, 0.5) is 10.6 Å². The van der Waals surface area contributed by atoms with Crippen molar-refractivity contribution < 1.29 is 19.4 Å². The van der Waals surface area contributed by atoms with Crippen LogP contribution in [0.2, 0.25) is 51.4 Å². The molecule has 0 aromatic carbocycles. The molecule has 0 atom stereocenters. The summed E-state index contributed by atoms with van der Waals surface area (Å²) in [5.74, 6) is 0.859. The Kier molecular flexibility index (Phi) is 9.13. The molecule has 0 bridgehead atoms. The van der Waals surface area contributed by atoms with Crippen molar-refractivity contribution in [1.82, 2.24) is 19.5 Å². The van der Waals surface area contributed by atoms with Crippen LogP contribution in [-0.4, -0.2) is 86.6 Å². The molecule has 35 heavy (non-hydrogen) atoms. The van der Waals surface area contributed by atoms with E-state index in [4.69, 9.17) is 14.5 Å². The first-order chi connectivity index (χ1) is 16.4. The summed E-state index contributed by atoms with van der Waals surface area (Å²) < 4.78 is 14.1. The molecule has 0 radical (unpaired) electrons. The van der Waals surface area contributed by atoms with Crippen molar-refractivity contribution in [2.24, 2.45) is 0 Å². The molecule has 194 valence electrons. The fraction of sp³-hybridized carbons (Fsp3) is 0.625. The smallest absolute Gasteiger partial charge is 0.407 e. The number of carbonyl (C=O) groups is 1. The number of ether oxygens (including phenoxy) is 2. The van der Waals surface area contributed by atoms with Gasteiger partial charge in [0.1, 0.15) is 19.3 Å². The van der Waals surface area contributed by atoms with Crippen LogP contribution < -0.4 is 4.90 Å². The standard InChI is InChI=1S/C24H41N5O4Si2/c1-34(2,3)15-13-32-18-28(19-33-14-16-35(4,5)6)23-17-21(26-22-7-10-25-29(22)23)20-8-11-27(12-9-20)24(30)31/h7-8,10,17H,9,11-16,18-19H2,1-6H3,(H,30,31). The van der Waals surface area contributed by atoms with Crippen LogP contribution in [0.3, 0.4) is 0 Å². The van der Waals surface area contributed by atoms with Gasteiger partial charge in [-0.05, 0) is 24.1 Å². The lowest BCUT2D eigenvalue weighted by Gasteiger charge is -2.27. The van der Waals surface area contributed by atoms with E-state index >= 15 is 0 Å². The van der Waals surface area contributed by atoms with E-state index in [0.717, 1.165) is 48.0 Å².